The molecule has 39 heavy (non-hydrogen) atoms. The summed E-state index contributed by atoms with van der Waals surface area (Å²) in [6, 6.07) is 4.43. The molecule has 0 bridgehead atoms. The Labute approximate surface area is 222 Å². The van der Waals surface area contributed by atoms with Crippen molar-refractivity contribution in [2.24, 2.45) is 0 Å². The van der Waals surface area contributed by atoms with E-state index in [0.29, 0.717) is 53.9 Å². The summed E-state index contributed by atoms with van der Waals surface area (Å²) in [6.45, 7) is 4.11. The zero-order valence-corrected chi connectivity index (χ0v) is 21.9. The van der Waals surface area contributed by atoms with E-state index in [1.165, 1.54) is 20.1 Å². The lowest BCUT2D eigenvalue weighted by Gasteiger charge is -2.27. The molecule has 0 fully saturated rings. The van der Waals surface area contributed by atoms with Gasteiger partial charge in [-0.1, -0.05) is 6.08 Å². The number of fused-ring (bicyclic) bond motifs is 1. The molecule has 0 saturated heterocycles. The number of alkyl halides is 3. The number of nitrogens with one attached hydrogen (secondary N) is 1. The van der Waals surface area contributed by atoms with Gasteiger partial charge < -0.3 is 25.4 Å². The summed E-state index contributed by atoms with van der Waals surface area (Å²) >= 11 is 0. The fourth-order valence-electron chi connectivity index (χ4n) is 4.63. The Morgan fingerprint density at radius 1 is 1.21 bits per heavy atom. The number of nitrogens with zero attached hydrogens (tertiary/aromatic N) is 3. The van der Waals surface area contributed by atoms with Gasteiger partial charge in [0.2, 0.25) is 5.91 Å². The fourth-order valence-corrected chi connectivity index (χ4v) is 4.63. The molecule has 0 spiro atoms. The van der Waals surface area contributed by atoms with Crippen molar-refractivity contribution in [3.05, 3.63) is 58.7 Å². The number of aryl methyl sites for hydroxylation is 1. The van der Waals surface area contributed by atoms with Crippen molar-refractivity contribution in [2.75, 3.05) is 45.0 Å². The standard InChI is InChI=1S/C27H29F4N5O3/c1-14(18-9-17(32)10-21(25(18)28)27(29,30)31)33-26-20-11-19(23(39-4)12-22(20)34-15(2)35-26)16-5-7-36(8-6-16)24(37)13-38-3/h5,9-12,14H,6-8,13,32H2,1-4H3,(H,33,34,35)/t14-/m1/s1. The molecular weight excluding hydrogens is 518 g/mol. The second-order valence-corrected chi connectivity index (χ2v) is 9.28. The number of hydrogen-bond acceptors (Lipinski definition) is 7. The van der Waals surface area contributed by atoms with Gasteiger partial charge in [0, 0.05) is 48.5 Å². The lowest BCUT2D eigenvalue weighted by molar-refractivity contribution is -0.140. The van der Waals surface area contributed by atoms with Crippen LogP contribution in [0.2, 0.25) is 0 Å². The fraction of sp³-hybridized carbons (Fsp3) is 0.370. The molecule has 1 aliphatic heterocycles. The highest BCUT2D eigenvalue weighted by atomic mass is 19.4. The summed E-state index contributed by atoms with van der Waals surface area (Å²) in [5.41, 5.74) is 6.06. The van der Waals surface area contributed by atoms with Gasteiger partial charge in [0.05, 0.1) is 24.2 Å². The average molecular weight is 548 g/mol. The minimum atomic E-state index is -4.89. The Hall–Kier alpha value is -3.93. The molecule has 1 amide bonds. The van der Waals surface area contributed by atoms with Crippen LogP contribution >= 0.6 is 0 Å². The first-order valence-corrected chi connectivity index (χ1v) is 12.2. The van der Waals surface area contributed by atoms with E-state index >= 15 is 0 Å². The molecule has 1 aromatic heterocycles. The third-order valence-corrected chi connectivity index (χ3v) is 6.55. The van der Waals surface area contributed by atoms with Crippen LogP contribution in [0.5, 0.6) is 5.75 Å². The van der Waals surface area contributed by atoms with Crippen LogP contribution in [0.15, 0.2) is 30.3 Å². The molecule has 2 aromatic carbocycles. The van der Waals surface area contributed by atoms with Crippen LogP contribution in [-0.4, -0.2) is 54.7 Å². The van der Waals surface area contributed by atoms with Crippen molar-refractivity contribution < 1.29 is 31.8 Å². The number of carbonyl (C=O) groups excluding carboxylic acids is 1. The lowest BCUT2D eigenvalue weighted by Crippen LogP contribution is -2.36. The summed E-state index contributed by atoms with van der Waals surface area (Å²) in [5, 5.41) is 3.62. The van der Waals surface area contributed by atoms with E-state index in [4.69, 9.17) is 15.2 Å². The van der Waals surface area contributed by atoms with Gasteiger partial charge in [-0.3, -0.25) is 4.79 Å². The molecule has 0 radical (unpaired) electrons. The first kappa shape index (κ1) is 28.1. The van der Waals surface area contributed by atoms with Crippen molar-refractivity contribution >= 4 is 33.9 Å². The van der Waals surface area contributed by atoms with Gasteiger partial charge in [0.15, 0.2) is 0 Å². The number of anilines is 2. The smallest absolute Gasteiger partial charge is 0.419 e. The van der Waals surface area contributed by atoms with E-state index in [0.717, 1.165) is 11.1 Å². The first-order valence-electron chi connectivity index (χ1n) is 12.2. The summed E-state index contributed by atoms with van der Waals surface area (Å²) in [4.78, 5) is 22.8. The Bertz CT molecular complexity index is 1440. The Morgan fingerprint density at radius 2 is 1.95 bits per heavy atom. The molecule has 0 saturated carbocycles. The highest BCUT2D eigenvalue weighted by Crippen LogP contribution is 2.38. The van der Waals surface area contributed by atoms with Gasteiger partial charge in [0.1, 0.15) is 29.8 Å². The van der Waals surface area contributed by atoms with Crippen molar-refractivity contribution in [3.63, 3.8) is 0 Å². The van der Waals surface area contributed by atoms with Gasteiger partial charge in [-0.25, -0.2) is 14.4 Å². The van der Waals surface area contributed by atoms with Crippen LogP contribution in [-0.2, 0) is 15.7 Å². The van der Waals surface area contributed by atoms with Crippen LogP contribution in [0, 0.1) is 12.7 Å². The van der Waals surface area contributed by atoms with E-state index in [-0.39, 0.29) is 23.8 Å². The van der Waals surface area contributed by atoms with Gasteiger partial charge in [0.25, 0.3) is 0 Å². The maximum Gasteiger partial charge on any atom is 0.419 e. The number of benzene rings is 2. The number of halogens is 4. The summed E-state index contributed by atoms with van der Waals surface area (Å²) in [6.07, 6.45) is -2.39. The van der Waals surface area contributed by atoms with E-state index in [2.05, 4.69) is 15.3 Å². The molecule has 1 atom stereocenters. The van der Waals surface area contributed by atoms with Crippen molar-refractivity contribution in [1.29, 1.82) is 0 Å². The number of rotatable bonds is 7. The number of nitrogen functional groups attached to an aromatic ring is 1. The molecule has 3 N–H and O–H groups in total. The maximum absolute atomic E-state index is 14.9. The van der Waals surface area contributed by atoms with Gasteiger partial charge in [-0.2, -0.15) is 13.2 Å². The molecule has 0 aliphatic carbocycles. The molecule has 0 unspecified atom stereocenters. The molecule has 208 valence electrons. The number of aromatic nitrogens is 2. The van der Waals surface area contributed by atoms with E-state index in [9.17, 15) is 22.4 Å². The zero-order valence-electron chi connectivity index (χ0n) is 21.9. The first-order chi connectivity index (χ1) is 18.4. The van der Waals surface area contributed by atoms with Gasteiger partial charge in [-0.05, 0) is 44.0 Å². The topological polar surface area (TPSA) is 103 Å². The molecule has 4 rings (SSSR count). The minimum absolute atomic E-state index is 0.00446. The predicted octanol–water partition coefficient (Wildman–Crippen LogP) is 5.12. The Kier molecular flexibility index (Phi) is 7.96. The quantitative estimate of drug-likeness (QED) is 0.313. The average Bonchev–Trinajstić information content (AvgIpc) is 2.88. The Balaban J connectivity index is 1.74. The third kappa shape index (κ3) is 5.90. The number of hydrogen-bond donors (Lipinski definition) is 2. The van der Waals surface area contributed by atoms with E-state index in [1.807, 2.05) is 12.1 Å². The van der Waals surface area contributed by atoms with Crippen LogP contribution in [0.1, 0.15) is 41.9 Å². The molecular formula is C27H29F4N5O3. The van der Waals surface area contributed by atoms with Crippen LogP contribution in [0.3, 0.4) is 0 Å². The maximum atomic E-state index is 14.9. The monoisotopic (exact) mass is 547 g/mol. The third-order valence-electron chi connectivity index (χ3n) is 6.55. The molecule has 3 aromatic rings. The predicted molar refractivity (Wildman–Crippen MR) is 140 cm³/mol. The second kappa shape index (κ2) is 11.0. The highest BCUT2D eigenvalue weighted by molar-refractivity contribution is 5.94. The number of ether oxygens (including phenoxy) is 2. The van der Waals surface area contributed by atoms with Crippen molar-refractivity contribution in [1.82, 2.24) is 14.9 Å². The van der Waals surface area contributed by atoms with Crippen molar-refractivity contribution in [3.8, 4) is 5.75 Å². The van der Waals surface area contributed by atoms with Gasteiger partial charge in [-0.15, -0.1) is 0 Å². The Morgan fingerprint density at radius 3 is 2.56 bits per heavy atom. The lowest BCUT2D eigenvalue weighted by atomic mass is 9.96. The second-order valence-electron chi connectivity index (χ2n) is 9.28. The number of nitrogens with two attached hydrogens (primary N) is 1. The minimum Gasteiger partial charge on any atom is -0.496 e. The molecule has 12 heteroatoms. The van der Waals surface area contributed by atoms with Crippen molar-refractivity contribution in [2.45, 2.75) is 32.5 Å². The van der Waals surface area contributed by atoms with Crippen LogP contribution < -0.4 is 15.8 Å². The summed E-state index contributed by atoms with van der Waals surface area (Å²) in [7, 11) is 3.01. The highest BCUT2D eigenvalue weighted by Gasteiger charge is 2.36. The van der Waals surface area contributed by atoms with E-state index in [1.54, 1.807) is 25.0 Å². The molecule has 1 aliphatic rings. The van der Waals surface area contributed by atoms with Crippen LogP contribution in [0.4, 0.5) is 29.1 Å². The largest absolute Gasteiger partial charge is 0.496 e. The molecule has 2 heterocycles. The normalized spacial score (nSPS) is 14.8. The van der Waals surface area contributed by atoms with E-state index < -0.39 is 23.6 Å². The summed E-state index contributed by atoms with van der Waals surface area (Å²) < 4.78 is 65.6. The summed E-state index contributed by atoms with van der Waals surface area (Å²) in [5.74, 6) is -0.212. The number of methoxy groups -OCH3 is 2. The van der Waals surface area contributed by atoms with Crippen LogP contribution in [0.25, 0.3) is 16.5 Å². The number of amides is 1. The zero-order chi connectivity index (χ0) is 28.5. The molecule has 8 nitrogen and oxygen atoms in total. The number of carbonyl (C=O) groups is 1. The van der Waals surface area contributed by atoms with Gasteiger partial charge >= 0.3 is 6.18 Å². The SMILES string of the molecule is COCC(=O)N1CC=C(c2cc3c(N[C@H](C)c4cc(N)cc(C(F)(F)F)c4F)nc(C)nc3cc2OC)CC1.